The van der Waals surface area contributed by atoms with Crippen molar-refractivity contribution in [2.45, 2.75) is 29.0 Å². The van der Waals surface area contributed by atoms with Gasteiger partial charge in [0.25, 0.3) is 11.5 Å². The van der Waals surface area contributed by atoms with Crippen LogP contribution < -0.4 is 26.8 Å². The van der Waals surface area contributed by atoms with Gasteiger partial charge in [-0.1, -0.05) is 17.8 Å². The number of nitrogens with zero attached hydrogens (tertiary/aromatic N) is 7. The van der Waals surface area contributed by atoms with Crippen molar-refractivity contribution < 1.29 is 29.4 Å². The van der Waals surface area contributed by atoms with Crippen molar-refractivity contribution in [3.8, 4) is 0 Å². The molecular formula is C24H27N11O7S3. The summed E-state index contributed by atoms with van der Waals surface area (Å²) in [6.45, 7) is 0.251. The summed E-state index contributed by atoms with van der Waals surface area (Å²) in [5.74, 6) is -2.17. The maximum Gasteiger partial charge on any atom is 0.352 e. The Morgan fingerprint density at radius 1 is 1.33 bits per heavy atom. The minimum atomic E-state index is -1.45. The molecule has 5 rings (SSSR count). The molecule has 5 heterocycles. The molecule has 0 bridgehead atoms. The fourth-order valence-corrected chi connectivity index (χ4v) is 7.81. The first-order valence-corrected chi connectivity index (χ1v) is 16.1. The van der Waals surface area contributed by atoms with E-state index in [1.165, 1.54) is 28.2 Å². The van der Waals surface area contributed by atoms with Crippen molar-refractivity contribution >= 4 is 70.3 Å². The lowest BCUT2D eigenvalue weighted by molar-refractivity contribution is -0.150. The van der Waals surface area contributed by atoms with Crippen LogP contribution in [0, 0.1) is 0 Å². The minimum absolute atomic E-state index is 0.0706. The number of hydrogen-bond acceptors (Lipinski definition) is 14. The average Bonchev–Trinajstić information content (AvgIpc) is 3.69. The number of thiophene rings is 1. The number of β-lactam (4-membered cyclic amide) rings is 1. The summed E-state index contributed by atoms with van der Waals surface area (Å²) in [4.78, 5) is 74.0. The Morgan fingerprint density at radius 2 is 2.13 bits per heavy atom. The molecule has 0 radical (unpaired) electrons. The van der Waals surface area contributed by atoms with Crippen molar-refractivity contribution in [1.29, 1.82) is 0 Å². The Hall–Kier alpha value is -4.47. The second-order valence-electron chi connectivity index (χ2n) is 9.60. The van der Waals surface area contributed by atoms with Gasteiger partial charge in [0.1, 0.15) is 22.8 Å². The molecule has 3 aromatic rings. The van der Waals surface area contributed by atoms with Crippen LogP contribution in [0.5, 0.6) is 0 Å². The summed E-state index contributed by atoms with van der Waals surface area (Å²) < 4.78 is 1.44. The highest BCUT2D eigenvalue weighted by molar-refractivity contribution is 8.01. The number of carbonyl (C=O) groups excluding carboxylic acids is 3. The number of nitrogens with two attached hydrogens (primary N) is 1. The van der Waals surface area contributed by atoms with E-state index in [4.69, 9.17) is 10.8 Å². The topological polar surface area (TPSA) is 255 Å². The average molecular weight is 678 g/mol. The van der Waals surface area contributed by atoms with Crippen LogP contribution >= 0.6 is 34.9 Å². The van der Waals surface area contributed by atoms with Crippen molar-refractivity contribution in [3.05, 3.63) is 50.2 Å². The predicted octanol–water partition coefficient (Wildman–Crippen LogP) is -0.693. The lowest BCUT2D eigenvalue weighted by Gasteiger charge is -2.49. The summed E-state index contributed by atoms with van der Waals surface area (Å²) in [5, 5.41) is 37.0. The second-order valence-corrected chi connectivity index (χ2v) is 12.6. The number of carboxylic acid groups (broad SMARTS) is 1. The number of urea groups is 1. The van der Waals surface area contributed by atoms with Gasteiger partial charge < -0.3 is 26.6 Å². The third-order valence-electron chi connectivity index (χ3n) is 6.73. The fraction of sp³-hybridized carbons (Fsp3) is 0.375. The maximum atomic E-state index is 13.8. The Bertz CT molecular complexity index is 1690. The van der Waals surface area contributed by atoms with Crippen LogP contribution in [0.15, 0.2) is 44.9 Å². The molecule has 2 aliphatic rings. The number of primary amides is 1. The minimum Gasteiger partial charge on any atom is -0.477 e. The number of carboxylic acids is 1. The number of thioether (sulfide) groups is 2. The van der Waals surface area contributed by atoms with E-state index in [1.54, 1.807) is 24.6 Å². The van der Waals surface area contributed by atoms with Gasteiger partial charge in [0.15, 0.2) is 6.04 Å². The highest BCUT2D eigenvalue weighted by Crippen LogP contribution is 2.42. The fourth-order valence-electron chi connectivity index (χ4n) is 4.66. The number of aliphatic hydroxyl groups excluding tert-OH is 1. The molecule has 21 heteroatoms. The number of H-pyrrole nitrogens is 1. The summed E-state index contributed by atoms with van der Waals surface area (Å²) in [6.07, 6.45) is 1.49. The van der Waals surface area contributed by atoms with Gasteiger partial charge in [0.2, 0.25) is 17.0 Å². The van der Waals surface area contributed by atoms with E-state index >= 15 is 0 Å². The normalized spacial score (nSPS) is 18.2. The summed E-state index contributed by atoms with van der Waals surface area (Å²) >= 11 is 3.63. The molecule has 3 atom stereocenters. The van der Waals surface area contributed by atoms with E-state index in [-0.39, 0.29) is 35.4 Å². The zero-order valence-corrected chi connectivity index (χ0v) is 25.9. The summed E-state index contributed by atoms with van der Waals surface area (Å²) in [5.41, 5.74) is 4.93. The van der Waals surface area contributed by atoms with E-state index in [0.717, 1.165) is 27.3 Å². The Morgan fingerprint density at radius 3 is 2.76 bits per heavy atom. The molecule has 7 N–H and O–H groups in total. The molecule has 18 nitrogen and oxygen atoms in total. The van der Waals surface area contributed by atoms with Gasteiger partial charge in [0, 0.05) is 36.6 Å². The van der Waals surface area contributed by atoms with E-state index < -0.39 is 46.8 Å². The van der Waals surface area contributed by atoms with Gasteiger partial charge in [-0.15, -0.1) is 28.2 Å². The van der Waals surface area contributed by atoms with E-state index in [1.807, 2.05) is 0 Å². The number of nitrogens with one attached hydrogen (secondary N) is 3. The Kier molecular flexibility index (Phi) is 9.70. The predicted molar refractivity (Wildman–Crippen MR) is 163 cm³/mol. The van der Waals surface area contributed by atoms with Gasteiger partial charge in [-0.25, -0.2) is 19.3 Å². The Labute approximate surface area is 266 Å². The van der Waals surface area contributed by atoms with Crippen molar-refractivity contribution in [2.24, 2.45) is 12.8 Å². The number of aromatic amines is 1. The molecule has 0 spiro atoms. The van der Waals surface area contributed by atoms with Crippen LogP contribution in [0.1, 0.15) is 17.3 Å². The zero-order valence-electron chi connectivity index (χ0n) is 23.4. The molecule has 45 heavy (non-hydrogen) atoms. The molecule has 1 fully saturated rings. The van der Waals surface area contributed by atoms with Crippen LogP contribution in [0.25, 0.3) is 0 Å². The summed E-state index contributed by atoms with van der Waals surface area (Å²) in [7, 11) is 1.65. The number of amides is 4. The van der Waals surface area contributed by atoms with Crippen LogP contribution in [0.2, 0.25) is 0 Å². The molecule has 0 saturated carbocycles. The Balaban J connectivity index is 1.37. The number of hydrogen-bond donors (Lipinski definition) is 6. The molecular weight excluding hydrogens is 651 g/mol. The summed E-state index contributed by atoms with van der Waals surface area (Å²) in [6, 6.07) is -0.467. The van der Waals surface area contributed by atoms with Gasteiger partial charge >= 0.3 is 12.0 Å². The lowest BCUT2D eigenvalue weighted by atomic mass is 10.0. The van der Waals surface area contributed by atoms with Gasteiger partial charge in [-0.3, -0.25) is 29.2 Å². The van der Waals surface area contributed by atoms with Crippen LogP contribution in [-0.2, 0) is 21.4 Å². The molecule has 4 amide bonds. The smallest absolute Gasteiger partial charge is 0.352 e. The van der Waals surface area contributed by atoms with E-state index in [0.29, 0.717) is 28.6 Å². The maximum absolute atomic E-state index is 13.8. The number of fused-ring (bicyclic) bond motifs is 1. The first-order valence-electron chi connectivity index (χ1n) is 13.2. The zero-order chi connectivity index (χ0) is 32.2. The van der Waals surface area contributed by atoms with Crippen LogP contribution in [0.4, 0.5) is 16.4 Å². The molecule has 0 aromatic carbocycles. The number of tetrazole rings is 1. The lowest BCUT2D eigenvalue weighted by Crippen LogP contribution is -2.71. The molecule has 1 saturated heterocycles. The SMILES string of the molecule is Cn1nnnc1SCC1=C(C(=O)O)N2C(=O)C(NC(=O)C(c3cccs3)N(C(N)=O)c3cnc(NCCCO)[nH]c3=O)[C@@H]2SC1. The number of aliphatic hydroxyl groups is 1. The number of anilines is 2. The van der Waals surface area contributed by atoms with Gasteiger partial charge in [-0.2, -0.15) is 0 Å². The first-order chi connectivity index (χ1) is 21.6. The third kappa shape index (κ3) is 6.50. The van der Waals surface area contributed by atoms with E-state index in [2.05, 4.69) is 36.1 Å². The van der Waals surface area contributed by atoms with Crippen molar-refractivity contribution in [2.75, 3.05) is 34.9 Å². The molecule has 0 aliphatic carbocycles. The molecule has 2 unspecified atom stereocenters. The van der Waals surface area contributed by atoms with Crippen LogP contribution in [-0.4, -0.2) is 105 Å². The molecule has 238 valence electrons. The molecule has 3 aromatic heterocycles. The number of rotatable bonds is 13. The van der Waals surface area contributed by atoms with E-state index in [9.17, 15) is 29.1 Å². The van der Waals surface area contributed by atoms with Crippen molar-refractivity contribution in [1.82, 2.24) is 40.4 Å². The number of carbonyl (C=O) groups is 4. The van der Waals surface area contributed by atoms with Gasteiger partial charge in [-0.05, 0) is 33.9 Å². The van der Waals surface area contributed by atoms with Crippen molar-refractivity contribution in [3.63, 3.8) is 0 Å². The molecule has 2 aliphatic heterocycles. The largest absolute Gasteiger partial charge is 0.477 e. The number of aromatic nitrogens is 6. The quantitative estimate of drug-likeness (QED) is 0.0744. The van der Waals surface area contributed by atoms with Crippen LogP contribution in [0.3, 0.4) is 0 Å². The second kappa shape index (κ2) is 13.7. The van der Waals surface area contributed by atoms with Gasteiger partial charge in [0.05, 0.1) is 6.20 Å². The highest BCUT2D eigenvalue weighted by Gasteiger charge is 2.55. The third-order valence-corrected chi connectivity index (χ3v) is 10.1. The standard InChI is InChI=1S/C24H27N11O7S3/c1-33-24(30-31-32-33)45-10-11-9-44-20-14(19(39)35(20)15(11)21(40)41)28-18(38)16(13-4-2-7-43-13)34(22(25)42)12-8-27-23(29-17(12)37)26-5-3-6-36/h2,4,7-8,14,16,20,36H,3,5-6,9-10H2,1H3,(H2,25,42)(H,28,38)(H,40,41)(H2,26,27,29,37)/t14?,16?,20-/m0/s1. The number of aliphatic carboxylic acids is 1. The highest BCUT2D eigenvalue weighted by atomic mass is 32.2. The first kappa shape index (κ1) is 31.9. The monoisotopic (exact) mass is 677 g/mol. The number of aryl methyl sites for hydroxylation is 1.